The molecule has 1 unspecified atom stereocenters. The van der Waals surface area contributed by atoms with Gasteiger partial charge in [-0.05, 0) is 5.92 Å². The Balaban J connectivity index is 2.21. The van der Waals surface area contributed by atoms with Crippen LogP contribution in [0, 0.1) is 12.3 Å². The van der Waals surface area contributed by atoms with Crippen molar-refractivity contribution in [2.45, 2.75) is 6.10 Å². The van der Waals surface area contributed by atoms with Crippen LogP contribution in [0.4, 0.5) is 4.79 Å². The first-order valence-corrected chi connectivity index (χ1v) is 3.41. The zero-order valence-corrected chi connectivity index (χ0v) is 6.29. The SMILES string of the molecule is C#CC(=O)NCC1CNC(=O)O1. The Morgan fingerprint density at radius 2 is 2.67 bits per heavy atom. The lowest BCUT2D eigenvalue weighted by Gasteiger charge is -2.06. The normalized spacial score (nSPS) is 20.6. The van der Waals surface area contributed by atoms with Crippen molar-refractivity contribution in [1.82, 2.24) is 10.6 Å². The maximum absolute atomic E-state index is 10.5. The number of rotatable bonds is 2. The lowest BCUT2D eigenvalue weighted by molar-refractivity contribution is -0.116. The van der Waals surface area contributed by atoms with Gasteiger partial charge in [-0.15, -0.1) is 6.42 Å². The summed E-state index contributed by atoms with van der Waals surface area (Å²) in [5, 5.41) is 4.85. The Kier molecular flexibility index (Phi) is 2.53. The number of cyclic esters (lactones) is 1. The van der Waals surface area contributed by atoms with Crippen LogP contribution in [0.15, 0.2) is 0 Å². The van der Waals surface area contributed by atoms with Gasteiger partial charge in [0.1, 0.15) is 6.10 Å². The molecule has 1 fully saturated rings. The molecule has 1 saturated heterocycles. The van der Waals surface area contributed by atoms with Crippen molar-refractivity contribution in [3.05, 3.63) is 0 Å². The average Bonchev–Trinajstić information content (AvgIpc) is 2.47. The van der Waals surface area contributed by atoms with Gasteiger partial charge in [-0.25, -0.2) is 4.79 Å². The second-order valence-electron chi connectivity index (χ2n) is 2.26. The van der Waals surface area contributed by atoms with Crippen LogP contribution in [0.3, 0.4) is 0 Å². The van der Waals surface area contributed by atoms with Gasteiger partial charge in [0.2, 0.25) is 0 Å². The number of terminal acetylenes is 1. The highest BCUT2D eigenvalue weighted by atomic mass is 16.6. The molecule has 0 spiro atoms. The van der Waals surface area contributed by atoms with Gasteiger partial charge in [-0.3, -0.25) is 4.79 Å². The Hall–Kier alpha value is -1.70. The number of hydrogen-bond donors (Lipinski definition) is 2. The Morgan fingerprint density at radius 3 is 3.17 bits per heavy atom. The molecule has 12 heavy (non-hydrogen) atoms. The molecule has 0 aliphatic carbocycles. The van der Waals surface area contributed by atoms with Gasteiger partial charge in [0.25, 0.3) is 5.91 Å². The molecule has 2 N–H and O–H groups in total. The number of hydrogen-bond acceptors (Lipinski definition) is 3. The fourth-order valence-electron chi connectivity index (χ4n) is 0.803. The summed E-state index contributed by atoms with van der Waals surface area (Å²) in [6.07, 6.45) is 4.03. The third-order valence-corrected chi connectivity index (χ3v) is 1.37. The highest BCUT2D eigenvalue weighted by molar-refractivity contribution is 5.92. The van der Waals surface area contributed by atoms with E-state index in [4.69, 9.17) is 11.2 Å². The van der Waals surface area contributed by atoms with E-state index < -0.39 is 12.0 Å². The molecule has 1 aliphatic heterocycles. The van der Waals surface area contributed by atoms with Crippen LogP contribution in [0.1, 0.15) is 0 Å². The van der Waals surface area contributed by atoms with Crippen LogP contribution in [-0.4, -0.2) is 31.2 Å². The van der Waals surface area contributed by atoms with Crippen LogP contribution < -0.4 is 10.6 Å². The van der Waals surface area contributed by atoms with Gasteiger partial charge in [0.05, 0.1) is 13.1 Å². The highest BCUT2D eigenvalue weighted by Gasteiger charge is 2.22. The summed E-state index contributed by atoms with van der Waals surface area (Å²) in [5.41, 5.74) is 0. The summed E-state index contributed by atoms with van der Waals surface area (Å²) in [7, 11) is 0. The smallest absolute Gasteiger partial charge is 0.407 e. The fraction of sp³-hybridized carbons (Fsp3) is 0.429. The molecule has 1 rings (SSSR count). The average molecular weight is 168 g/mol. The molecule has 5 heteroatoms. The predicted molar refractivity (Wildman–Crippen MR) is 40.1 cm³/mol. The molecule has 1 heterocycles. The highest BCUT2D eigenvalue weighted by Crippen LogP contribution is 1.97. The third-order valence-electron chi connectivity index (χ3n) is 1.37. The van der Waals surface area contributed by atoms with E-state index in [1.54, 1.807) is 0 Å². The van der Waals surface area contributed by atoms with Gasteiger partial charge in [0.15, 0.2) is 0 Å². The lowest BCUT2D eigenvalue weighted by Crippen LogP contribution is -2.33. The van der Waals surface area contributed by atoms with Crippen molar-refractivity contribution in [3.8, 4) is 12.3 Å². The molecule has 2 amide bonds. The molecule has 0 aromatic heterocycles. The molecule has 0 bridgehead atoms. The Morgan fingerprint density at radius 1 is 1.92 bits per heavy atom. The van der Waals surface area contributed by atoms with Crippen molar-refractivity contribution in [1.29, 1.82) is 0 Å². The van der Waals surface area contributed by atoms with E-state index in [0.29, 0.717) is 6.54 Å². The summed E-state index contributed by atoms with van der Waals surface area (Å²) >= 11 is 0. The molecule has 0 radical (unpaired) electrons. The number of alkyl carbamates (subject to hydrolysis) is 1. The van der Waals surface area contributed by atoms with Gasteiger partial charge in [-0.2, -0.15) is 0 Å². The fourth-order valence-corrected chi connectivity index (χ4v) is 0.803. The number of carbonyl (C=O) groups is 2. The minimum absolute atomic E-state index is 0.252. The van der Waals surface area contributed by atoms with Crippen LogP contribution in [0.5, 0.6) is 0 Å². The first kappa shape index (κ1) is 8.40. The maximum Gasteiger partial charge on any atom is 0.407 e. The monoisotopic (exact) mass is 168 g/mol. The van der Waals surface area contributed by atoms with Crippen LogP contribution >= 0.6 is 0 Å². The number of ether oxygens (including phenoxy) is 1. The van der Waals surface area contributed by atoms with Crippen LogP contribution in [0.2, 0.25) is 0 Å². The molecule has 64 valence electrons. The molecule has 5 nitrogen and oxygen atoms in total. The molecule has 1 aliphatic rings. The zero-order chi connectivity index (χ0) is 8.97. The quantitative estimate of drug-likeness (QED) is 0.511. The van der Waals surface area contributed by atoms with Crippen molar-refractivity contribution < 1.29 is 14.3 Å². The molecular weight excluding hydrogens is 160 g/mol. The van der Waals surface area contributed by atoms with Gasteiger partial charge in [-0.1, -0.05) is 0 Å². The maximum atomic E-state index is 10.5. The van der Waals surface area contributed by atoms with Crippen LogP contribution in [-0.2, 0) is 9.53 Å². The topological polar surface area (TPSA) is 67.4 Å². The standard InChI is InChI=1S/C7H8N2O3/c1-2-6(10)8-3-5-4-9-7(11)12-5/h1,5H,3-4H2,(H,8,10)(H,9,11). The van der Waals surface area contributed by atoms with E-state index in [1.807, 2.05) is 5.92 Å². The molecule has 1 atom stereocenters. The van der Waals surface area contributed by atoms with Gasteiger partial charge in [0, 0.05) is 0 Å². The van der Waals surface area contributed by atoms with Crippen molar-refractivity contribution in [3.63, 3.8) is 0 Å². The molecule has 0 aromatic rings. The number of amides is 2. The first-order valence-electron chi connectivity index (χ1n) is 3.41. The van der Waals surface area contributed by atoms with E-state index in [2.05, 4.69) is 10.6 Å². The van der Waals surface area contributed by atoms with Crippen molar-refractivity contribution >= 4 is 12.0 Å². The Bertz CT molecular complexity index is 244. The molecule has 0 aromatic carbocycles. The van der Waals surface area contributed by atoms with E-state index in [-0.39, 0.29) is 12.6 Å². The second kappa shape index (κ2) is 3.62. The minimum atomic E-state index is -0.502. The summed E-state index contributed by atoms with van der Waals surface area (Å²) in [5.74, 6) is 1.39. The predicted octanol–water partition coefficient (Wildman–Crippen LogP) is -1.16. The van der Waals surface area contributed by atoms with E-state index in [1.165, 1.54) is 0 Å². The molecular formula is C7H8N2O3. The van der Waals surface area contributed by atoms with Crippen LogP contribution in [0.25, 0.3) is 0 Å². The van der Waals surface area contributed by atoms with Gasteiger partial charge >= 0.3 is 6.09 Å². The van der Waals surface area contributed by atoms with E-state index >= 15 is 0 Å². The number of nitrogens with one attached hydrogen (secondary N) is 2. The lowest BCUT2D eigenvalue weighted by atomic mass is 10.3. The molecule has 0 saturated carbocycles. The minimum Gasteiger partial charge on any atom is -0.442 e. The van der Waals surface area contributed by atoms with Crippen molar-refractivity contribution in [2.75, 3.05) is 13.1 Å². The summed E-state index contributed by atoms with van der Waals surface area (Å²) in [6.45, 7) is 0.658. The van der Waals surface area contributed by atoms with E-state index in [9.17, 15) is 9.59 Å². The first-order chi connectivity index (χ1) is 5.72. The van der Waals surface area contributed by atoms with Crippen molar-refractivity contribution in [2.24, 2.45) is 0 Å². The summed E-state index contributed by atoms with van der Waals surface area (Å²) in [6, 6.07) is 0. The largest absolute Gasteiger partial charge is 0.442 e. The number of carbonyl (C=O) groups excluding carboxylic acids is 2. The van der Waals surface area contributed by atoms with E-state index in [0.717, 1.165) is 0 Å². The second-order valence-corrected chi connectivity index (χ2v) is 2.26. The summed E-state index contributed by atoms with van der Waals surface area (Å²) < 4.78 is 4.72. The van der Waals surface area contributed by atoms with Gasteiger partial charge < -0.3 is 15.4 Å². The Labute approximate surface area is 69.5 Å². The zero-order valence-electron chi connectivity index (χ0n) is 6.29. The summed E-state index contributed by atoms with van der Waals surface area (Å²) in [4.78, 5) is 21.0. The third kappa shape index (κ3) is 2.16.